The van der Waals surface area contributed by atoms with Gasteiger partial charge in [-0.05, 0) is 47.4 Å². The predicted octanol–water partition coefficient (Wildman–Crippen LogP) is 5.73. The van der Waals surface area contributed by atoms with Gasteiger partial charge in [-0.25, -0.2) is 0 Å². The van der Waals surface area contributed by atoms with Gasteiger partial charge in [-0.1, -0.05) is 48.9 Å². The molecule has 2 atom stereocenters. The lowest BCUT2D eigenvalue weighted by molar-refractivity contribution is 0.456. The molecule has 0 spiro atoms. The Kier molecular flexibility index (Phi) is 6.76. The van der Waals surface area contributed by atoms with E-state index in [0.717, 1.165) is 27.8 Å². The maximum absolute atomic E-state index is 11.3. The Labute approximate surface area is 175 Å². The molecule has 7 heteroatoms. The lowest BCUT2D eigenvalue weighted by Gasteiger charge is -2.24. The fourth-order valence-corrected chi connectivity index (χ4v) is 5.11. The van der Waals surface area contributed by atoms with Crippen molar-refractivity contribution in [2.45, 2.75) is 25.0 Å². The summed E-state index contributed by atoms with van der Waals surface area (Å²) in [6.45, 7) is 2.02. The number of rotatable bonds is 8. The van der Waals surface area contributed by atoms with Crippen LogP contribution in [0.4, 0.5) is 0 Å². The van der Waals surface area contributed by atoms with Gasteiger partial charge in [0.15, 0.2) is 0 Å². The van der Waals surface area contributed by atoms with Crippen molar-refractivity contribution in [3.8, 4) is 0 Å². The second kappa shape index (κ2) is 8.91. The van der Waals surface area contributed by atoms with Crippen LogP contribution in [0.25, 0.3) is 10.9 Å². The van der Waals surface area contributed by atoms with E-state index in [2.05, 4.69) is 29.4 Å². The van der Waals surface area contributed by atoms with Gasteiger partial charge in [0.05, 0.1) is 5.75 Å². The molecule has 3 aromatic rings. The van der Waals surface area contributed by atoms with Crippen LogP contribution < -0.4 is 0 Å². The third kappa shape index (κ3) is 4.92. The molecule has 0 fully saturated rings. The number of hydrogen-bond acceptors (Lipinski definition) is 3. The summed E-state index contributed by atoms with van der Waals surface area (Å²) in [5.74, 6) is 0.656. The maximum atomic E-state index is 11.3. The number of para-hydroxylation sites is 1. The van der Waals surface area contributed by atoms with Crippen molar-refractivity contribution < 1.29 is 13.0 Å². The highest BCUT2D eigenvalue weighted by atomic mass is 35.5. The summed E-state index contributed by atoms with van der Waals surface area (Å²) < 4.78 is 31.8. The molecular weight excluding hydrogens is 414 g/mol. The Morgan fingerprint density at radius 2 is 1.89 bits per heavy atom. The number of benzene rings is 2. The fraction of sp³-hybridized carbons (Fsp3) is 0.333. The number of aromatic amines is 1. The molecule has 3 rings (SSSR count). The van der Waals surface area contributed by atoms with E-state index in [4.69, 9.17) is 11.6 Å². The Morgan fingerprint density at radius 1 is 1.18 bits per heavy atom. The maximum Gasteiger partial charge on any atom is 0.264 e. The number of fused-ring (bicyclic) bond motifs is 1. The first kappa shape index (κ1) is 21.2. The summed E-state index contributed by atoms with van der Waals surface area (Å²) in [5.41, 5.74) is 4.57. The summed E-state index contributed by atoms with van der Waals surface area (Å²) in [4.78, 5) is 3.42. The van der Waals surface area contributed by atoms with Crippen LogP contribution in [0.1, 0.15) is 36.0 Å². The van der Waals surface area contributed by atoms with E-state index < -0.39 is 10.1 Å². The molecule has 4 nitrogen and oxygen atoms in total. The molecular formula is C21H24ClNO3S2. The molecule has 1 heterocycles. The predicted molar refractivity (Wildman–Crippen MR) is 119 cm³/mol. The molecule has 0 amide bonds. The molecule has 2 unspecified atom stereocenters. The van der Waals surface area contributed by atoms with Crippen LogP contribution in [-0.2, 0) is 15.9 Å². The van der Waals surface area contributed by atoms with Crippen LogP contribution in [0.15, 0.2) is 48.7 Å². The van der Waals surface area contributed by atoms with Crippen molar-refractivity contribution >= 4 is 44.4 Å². The van der Waals surface area contributed by atoms with Crippen molar-refractivity contribution in [2.75, 3.05) is 12.0 Å². The highest BCUT2D eigenvalue weighted by molar-refractivity contribution is 7.97. The monoisotopic (exact) mass is 437 g/mol. The lowest BCUT2D eigenvalue weighted by atomic mass is 9.80. The molecule has 0 saturated carbocycles. The van der Waals surface area contributed by atoms with Crippen LogP contribution in [-0.4, -0.2) is 30.0 Å². The van der Waals surface area contributed by atoms with Crippen LogP contribution in [0.3, 0.4) is 0 Å². The second-order valence-corrected chi connectivity index (χ2v) is 9.97. The van der Waals surface area contributed by atoms with Crippen molar-refractivity contribution in [3.05, 3.63) is 70.4 Å². The number of aromatic nitrogens is 1. The number of hydrogen-bond donors (Lipinski definition) is 2. The van der Waals surface area contributed by atoms with Gasteiger partial charge < -0.3 is 4.98 Å². The summed E-state index contributed by atoms with van der Waals surface area (Å²) in [6, 6.07) is 14.0. The van der Waals surface area contributed by atoms with Gasteiger partial charge >= 0.3 is 0 Å². The molecule has 1 aromatic heterocycles. The summed E-state index contributed by atoms with van der Waals surface area (Å²) in [7, 11) is -4.00. The van der Waals surface area contributed by atoms with Crippen LogP contribution >= 0.6 is 23.4 Å². The molecule has 0 aliphatic heterocycles. The molecule has 0 saturated heterocycles. The van der Waals surface area contributed by atoms with Crippen LogP contribution in [0.2, 0.25) is 5.02 Å². The van der Waals surface area contributed by atoms with Gasteiger partial charge in [-0.2, -0.15) is 20.2 Å². The number of H-pyrrole nitrogens is 1. The average Bonchev–Trinajstić information content (AvgIpc) is 3.06. The zero-order chi connectivity index (χ0) is 20.3. The molecule has 150 valence electrons. The average molecular weight is 438 g/mol. The smallest absolute Gasteiger partial charge is 0.264 e. The normalized spacial score (nSPS) is 14.3. The Bertz CT molecular complexity index is 1050. The molecule has 0 radical (unpaired) electrons. The van der Waals surface area contributed by atoms with Crippen molar-refractivity contribution in [3.63, 3.8) is 0 Å². The van der Waals surface area contributed by atoms with E-state index in [-0.39, 0.29) is 17.6 Å². The molecule has 0 bridgehead atoms. The second-order valence-electron chi connectivity index (χ2n) is 7.10. The minimum Gasteiger partial charge on any atom is -0.361 e. The zero-order valence-electron chi connectivity index (χ0n) is 15.9. The molecule has 2 N–H and O–H groups in total. The number of nitrogens with one attached hydrogen (secondary N) is 1. The summed E-state index contributed by atoms with van der Waals surface area (Å²) >= 11 is 7.84. The van der Waals surface area contributed by atoms with E-state index >= 15 is 0 Å². The molecule has 2 aromatic carbocycles. The van der Waals surface area contributed by atoms with E-state index in [0.29, 0.717) is 11.4 Å². The Balaban J connectivity index is 2.07. The van der Waals surface area contributed by atoms with Gasteiger partial charge in [0.25, 0.3) is 10.1 Å². The van der Waals surface area contributed by atoms with Gasteiger partial charge in [0.2, 0.25) is 0 Å². The van der Waals surface area contributed by atoms with E-state index in [1.54, 1.807) is 11.8 Å². The first-order valence-corrected chi connectivity index (χ1v) is 12.5. The first-order valence-electron chi connectivity index (χ1n) is 9.08. The van der Waals surface area contributed by atoms with Crippen molar-refractivity contribution in [2.24, 2.45) is 5.92 Å². The van der Waals surface area contributed by atoms with Crippen LogP contribution in [0, 0.1) is 5.92 Å². The minimum absolute atomic E-state index is 0.00584. The molecule has 28 heavy (non-hydrogen) atoms. The SMILES string of the molecule is CSCc1cccc2c(C(c3ccc(Cl)cc3)C(C)CCS(=O)(=O)O)c[nH]c12. The van der Waals surface area contributed by atoms with Gasteiger partial charge in [-0.3, -0.25) is 4.55 Å². The zero-order valence-corrected chi connectivity index (χ0v) is 18.2. The Morgan fingerprint density at radius 3 is 2.54 bits per heavy atom. The van der Waals surface area contributed by atoms with Crippen molar-refractivity contribution in [1.82, 2.24) is 4.98 Å². The molecule has 0 aliphatic carbocycles. The van der Waals surface area contributed by atoms with Crippen LogP contribution in [0.5, 0.6) is 0 Å². The largest absolute Gasteiger partial charge is 0.361 e. The Hall–Kier alpha value is -1.47. The van der Waals surface area contributed by atoms with E-state index in [9.17, 15) is 13.0 Å². The molecule has 0 aliphatic rings. The topological polar surface area (TPSA) is 70.2 Å². The quantitative estimate of drug-likeness (QED) is 0.441. The van der Waals surface area contributed by atoms with E-state index in [1.807, 2.05) is 37.4 Å². The third-order valence-electron chi connectivity index (χ3n) is 5.10. The first-order chi connectivity index (χ1) is 13.3. The third-order valence-corrected chi connectivity index (χ3v) is 6.70. The van der Waals surface area contributed by atoms with Gasteiger partial charge in [0.1, 0.15) is 0 Å². The minimum atomic E-state index is -4.00. The number of halogens is 1. The summed E-state index contributed by atoms with van der Waals surface area (Å²) in [6.07, 6.45) is 4.47. The summed E-state index contributed by atoms with van der Waals surface area (Å²) in [5, 5.41) is 1.81. The van der Waals surface area contributed by atoms with E-state index in [1.165, 1.54) is 5.56 Å². The standard InChI is InChI=1S/C21H24ClNO3S2/c1-14(10-11-28(24,25)26)20(15-6-8-17(22)9-7-15)19-12-23-21-16(13-27-2)4-3-5-18(19)21/h3-9,12,14,20,23H,10-11,13H2,1-2H3,(H,24,25,26). The number of thioether (sulfide) groups is 1. The lowest BCUT2D eigenvalue weighted by Crippen LogP contribution is -2.16. The highest BCUT2D eigenvalue weighted by Crippen LogP contribution is 2.39. The van der Waals surface area contributed by atoms with Gasteiger partial charge in [-0.15, -0.1) is 0 Å². The fourth-order valence-electron chi connectivity index (χ4n) is 3.76. The van der Waals surface area contributed by atoms with Crippen molar-refractivity contribution in [1.29, 1.82) is 0 Å². The highest BCUT2D eigenvalue weighted by Gasteiger charge is 2.26. The van der Waals surface area contributed by atoms with Gasteiger partial charge in [0, 0.05) is 33.8 Å².